The number of nitrogens with zero attached hydrogens (tertiary/aromatic N) is 1. The van der Waals surface area contributed by atoms with Crippen molar-refractivity contribution in [2.45, 2.75) is 19.8 Å². The van der Waals surface area contributed by atoms with Crippen molar-refractivity contribution in [3.8, 4) is 0 Å². The minimum atomic E-state index is -0.281. The highest BCUT2D eigenvalue weighted by Crippen LogP contribution is 2.29. The molecule has 5 nitrogen and oxygen atoms in total. The van der Waals surface area contributed by atoms with Crippen LogP contribution in [0.5, 0.6) is 0 Å². The average Bonchev–Trinajstić information content (AvgIpc) is 2.41. The van der Waals surface area contributed by atoms with Gasteiger partial charge in [-0.2, -0.15) is 0 Å². The molecular weight excluding hydrogens is 268 g/mol. The second-order valence-electron chi connectivity index (χ2n) is 5.40. The van der Waals surface area contributed by atoms with Crippen molar-refractivity contribution >= 4 is 18.4 Å². The summed E-state index contributed by atoms with van der Waals surface area (Å²) in [5.74, 6) is -0.0303. The predicted octanol–water partition coefficient (Wildman–Crippen LogP) is 0.673. The van der Waals surface area contributed by atoms with Gasteiger partial charge in [0.1, 0.15) is 6.61 Å². The van der Waals surface area contributed by atoms with Crippen molar-refractivity contribution < 1.29 is 14.3 Å². The SMILES string of the molecule is CC1(C(=O)OCCN2CCOCC2)CCNCC1.Cl. The Morgan fingerprint density at radius 3 is 2.58 bits per heavy atom. The van der Waals surface area contributed by atoms with E-state index in [-0.39, 0.29) is 23.8 Å². The van der Waals surface area contributed by atoms with Crippen LogP contribution in [-0.4, -0.2) is 63.4 Å². The van der Waals surface area contributed by atoms with Crippen LogP contribution in [0.15, 0.2) is 0 Å². The Labute approximate surface area is 121 Å². The van der Waals surface area contributed by atoms with Crippen LogP contribution in [0.2, 0.25) is 0 Å². The molecule has 0 atom stereocenters. The lowest BCUT2D eigenvalue weighted by molar-refractivity contribution is -0.157. The van der Waals surface area contributed by atoms with Gasteiger partial charge in [-0.25, -0.2) is 0 Å². The molecule has 0 aromatic heterocycles. The number of halogens is 1. The van der Waals surface area contributed by atoms with Crippen LogP contribution in [-0.2, 0) is 14.3 Å². The van der Waals surface area contributed by atoms with Crippen LogP contribution < -0.4 is 5.32 Å². The standard InChI is InChI=1S/C13H24N2O3.ClH/c1-13(2-4-14-5-3-13)12(16)18-11-8-15-6-9-17-10-7-15;/h14H,2-11H2,1H3;1H. The number of hydrogen-bond donors (Lipinski definition) is 1. The first-order chi connectivity index (χ1) is 8.71. The van der Waals surface area contributed by atoms with E-state index in [9.17, 15) is 4.79 Å². The first-order valence-corrected chi connectivity index (χ1v) is 6.89. The minimum absolute atomic E-state index is 0. The van der Waals surface area contributed by atoms with E-state index in [4.69, 9.17) is 9.47 Å². The van der Waals surface area contributed by atoms with Gasteiger partial charge in [0.2, 0.25) is 0 Å². The van der Waals surface area contributed by atoms with Gasteiger partial charge in [-0.15, -0.1) is 12.4 Å². The second-order valence-corrected chi connectivity index (χ2v) is 5.40. The average molecular weight is 293 g/mol. The van der Waals surface area contributed by atoms with Crippen molar-refractivity contribution in [3.05, 3.63) is 0 Å². The quantitative estimate of drug-likeness (QED) is 0.772. The molecule has 0 aliphatic carbocycles. The Kier molecular flexibility index (Phi) is 7.07. The Morgan fingerprint density at radius 1 is 1.32 bits per heavy atom. The monoisotopic (exact) mass is 292 g/mol. The van der Waals surface area contributed by atoms with E-state index < -0.39 is 0 Å². The van der Waals surface area contributed by atoms with Crippen LogP contribution in [0.25, 0.3) is 0 Å². The highest BCUT2D eigenvalue weighted by molar-refractivity contribution is 5.85. The molecule has 0 bridgehead atoms. The molecule has 19 heavy (non-hydrogen) atoms. The summed E-state index contributed by atoms with van der Waals surface area (Å²) in [7, 11) is 0. The highest BCUT2D eigenvalue weighted by atomic mass is 35.5. The topological polar surface area (TPSA) is 50.8 Å². The summed E-state index contributed by atoms with van der Waals surface area (Å²) in [6.45, 7) is 8.63. The van der Waals surface area contributed by atoms with E-state index in [2.05, 4.69) is 10.2 Å². The second kappa shape index (κ2) is 8.04. The molecule has 2 aliphatic heterocycles. The molecule has 2 aliphatic rings. The van der Waals surface area contributed by atoms with E-state index in [1.807, 2.05) is 6.92 Å². The van der Waals surface area contributed by atoms with E-state index in [0.717, 1.165) is 58.8 Å². The van der Waals surface area contributed by atoms with Crippen LogP contribution in [0, 0.1) is 5.41 Å². The van der Waals surface area contributed by atoms with Gasteiger partial charge in [-0.05, 0) is 32.9 Å². The van der Waals surface area contributed by atoms with Gasteiger partial charge in [0.25, 0.3) is 0 Å². The van der Waals surface area contributed by atoms with Gasteiger partial charge in [0.05, 0.1) is 18.6 Å². The number of piperidine rings is 1. The molecule has 112 valence electrons. The highest BCUT2D eigenvalue weighted by Gasteiger charge is 2.36. The third kappa shape index (κ3) is 4.91. The maximum absolute atomic E-state index is 12.1. The number of hydrogen-bond acceptors (Lipinski definition) is 5. The largest absolute Gasteiger partial charge is 0.464 e. The fraction of sp³-hybridized carbons (Fsp3) is 0.923. The van der Waals surface area contributed by atoms with Gasteiger partial charge in [-0.3, -0.25) is 9.69 Å². The summed E-state index contributed by atoms with van der Waals surface area (Å²) in [4.78, 5) is 14.3. The predicted molar refractivity (Wildman–Crippen MR) is 75.7 cm³/mol. The summed E-state index contributed by atoms with van der Waals surface area (Å²) < 4.78 is 10.7. The number of carbonyl (C=O) groups is 1. The lowest BCUT2D eigenvalue weighted by Gasteiger charge is -2.32. The third-order valence-corrected chi connectivity index (χ3v) is 3.94. The van der Waals surface area contributed by atoms with E-state index in [1.165, 1.54) is 0 Å². The Bertz CT molecular complexity index is 277. The molecule has 2 heterocycles. The number of rotatable bonds is 4. The van der Waals surface area contributed by atoms with Crippen molar-refractivity contribution in [1.29, 1.82) is 0 Å². The van der Waals surface area contributed by atoms with Crippen molar-refractivity contribution in [1.82, 2.24) is 10.2 Å². The third-order valence-electron chi connectivity index (χ3n) is 3.94. The number of morpholine rings is 1. The smallest absolute Gasteiger partial charge is 0.311 e. The Morgan fingerprint density at radius 2 is 1.95 bits per heavy atom. The number of ether oxygens (including phenoxy) is 2. The van der Waals surface area contributed by atoms with Gasteiger partial charge >= 0.3 is 5.97 Å². The summed E-state index contributed by atoms with van der Waals surface area (Å²) >= 11 is 0. The van der Waals surface area contributed by atoms with E-state index >= 15 is 0 Å². The van der Waals surface area contributed by atoms with Crippen molar-refractivity contribution in [2.75, 3.05) is 52.5 Å². The number of nitrogens with one attached hydrogen (secondary N) is 1. The Hall–Kier alpha value is -0.360. The summed E-state index contributed by atoms with van der Waals surface area (Å²) in [6, 6.07) is 0. The van der Waals surface area contributed by atoms with Gasteiger partial charge in [0, 0.05) is 19.6 Å². The van der Waals surface area contributed by atoms with Crippen LogP contribution in [0.3, 0.4) is 0 Å². The molecular formula is C13H25ClN2O3. The maximum atomic E-state index is 12.1. The first kappa shape index (κ1) is 16.7. The van der Waals surface area contributed by atoms with Gasteiger partial charge in [-0.1, -0.05) is 0 Å². The molecule has 0 unspecified atom stereocenters. The van der Waals surface area contributed by atoms with Crippen LogP contribution in [0.4, 0.5) is 0 Å². The van der Waals surface area contributed by atoms with Gasteiger partial charge in [0.15, 0.2) is 0 Å². The molecule has 1 N–H and O–H groups in total. The fourth-order valence-corrected chi connectivity index (χ4v) is 2.45. The molecule has 2 saturated heterocycles. The first-order valence-electron chi connectivity index (χ1n) is 6.89. The zero-order valence-corrected chi connectivity index (χ0v) is 12.5. The molecule has 0 radical (unpaired) electrons. The minimum Gasteiger partial charge on any atom is -0.464 e. The summed E-state index contributed by atoms with van der Waals surface area (Å²) in [5, 5.41) is 3.27. The van der Waals surface area contributed by atoms with E-state index in [0.29, 0.717) is 6.61 Å². The maximum Gasteiger partial charge on any atom is 0.311 e. The number of carbonyl (C=O) groups excluding carboxylic acids is 1. The van der Waals surface area contributed by atoms with Crippen molar-refractivity contribution in [2.24, 2.45) is 5.41 Å². The lowest BCUT2D eigenvalue weighted by atomic mass is 9.81. The van der Waals surface area contributed by atoms with Gasteiger partial charge < -0.3 is 14.8 Å². The Balaban J connectivity index is 0.00000180. The molecule has 2 rings (SSSR count). The summed E-state index contributed by atoms with van der Waals surface area (Å²) in [6.07, 6.45) is 1.76. The molecule has 2 fully saturated rings. The van der Waals surface area contributed by atoms with E-state index in [1.54, 1.807) is 0 Å². The zero-order chi connectivity index (χ0) is 12.8. The molecule has 6 heteroatoms. The molecule has 0 amide bonds. The fourth-order valence-electron chi connectivity index (χ4n) is 2.45. The van der Waals surface area contributed by atoms with Crippen molar-refractivity contribution in [3.63, 3.8) is 0 Å². The van der Waals surface area contributed by atoms with Crippen LogP contribution in [0.1, 0.15) is 19.8 Å². The summed E-state index contributed by atoms with van der Waals surface area (Å²) in [5.41, 5.74) is -0.281. The molecule has 0 saturated carbocycles. The zero-order valence-electron chi connectivity index (χ0n) is 11.7. The molecule has 0 aromatic rings. The molecule has 0 spiro atoms. The molecule has 0 aromatic carbocycles. The number of esters is 1. The van der Waals surface area contributed by atoms with Crippen LogP contribution >= 0.6 is 12.4 Å². The normalized spacial score (nSPS) is 23.4. The lowest BCUT2D eigenvalue weighted by Crippen LogP contribution is -2.42.